The predicted octanol–water partition coefficient (Wildman–Crippen LogP) is 1.35. The number of benzene rings is 1. The number of methoxy groups -OCH3 is 1. The van der Waals surface area contributed by atoms with E-state index in [-0.39, 0.29) is 0 Å². The summed E-state index contributed by atoms with van der Waals surface area (Å²) in [5, 5.41) is 9.26. The SMILES string of the molecule is COc1ccc2ccc3nnc(CN)n3c2c1. The van der Waals surface area contributed by atoms with Gasteiger partial charge in [0.25, 0.3) is 0 Å². The van der Waals surface area contributed by atoms with Gasteiger partial charge in [0.2, 0.25) is 0 Å². The van der Waals surface area contributed by atoms with Gasteiger partial charge in [0, 0.05) is 6.07 Å². The molecule has 0 radical (unpaired) electrons. The second-order valence-electron chi connectivity index (χ2n) is 3.77. The number of hydrogen-bond acceptors (Lipinski definition) is 4. The molecule has 0 saturated carbocycles. The standard InChI is InChI=1S/C12H12N4O/c1-17-9-4-2-8-3-5-11-14-15-12(7-13)16(11)10(8)6-9/h2-6H,7,13H2,1H3. The molecular formula is C12H12N4O. The molecule has 3 aromatic rings. The van der Waals surface area contributed by atoms with E-state index in [1.807, 2.05) is 34.7 Å². The van der Waals surface area contributed by atoms with E-state index >= 15 is 0 Å². The molecule has 3 rings (SSSR count). The minimum Gasteiger partial charge on any atom is -0.497 e. The number of fused-ring (bicyclic) bond motifs is 3. The molecule has 2 aromatic heterocycles. The maximum absolute atomic E-state index is 5.67. The Morgan fingerprint density at radius 3 is 2.82 bits per heavy atom. The largest absolute Gasteiger partial charge is 0.497 e. The Balaban J connectivity index is 2.46. The molecular weight excluding hydrogens is 216 g/mol. The Kier molecular flexibility index (Phi) is 2.19. The van der Waals surface area contributed by atoms with E-state index in [0.717, 1.165) is 28.1 Å². The Morgan fingerprint density at radius 2 is 2.06 bits per heavy atom. The number of pyridine rings is 1. The number of hydrogen-bond donors (Lipinski definition) is 1. The summed E-state index contributed by atoms with van der Waals surface area (Å²) in [4.78, 5) is 0. The van der Waals surface area contributed by atoms with Crippen molar-refractivity contribution in [2.24, 2.45) is 5.73 Å². The number of ether oxygens (including phenoxy) is 1. The van der Waals surface area contributed by atoms with Gasteiger partial charge in [0.05, 0.1) is 19.2 Å². The van der Waals surface area contributed by atoms with Crippen LogP contribution < -0.4 is 10.5 Å². The van der Waals surface area contributed by atoms with Crippen LogP contribution >= 0.6 is 0 Å². The van der Waals surface area contributed by atoms with E-state index in [0.29, 0.717) is 6.54 Å². The highest BCUT2D eigenvalue weighted by Crippen LogP contribution is 2.22. The summed E-state index contributed by atoms with van der Waals surface area (Å²) < 4.78 is 7.19. The van der Waals surface area contributed by atoms with Crippen LogP contribution in [0, 0.1) is 0 Å². The lowest BCUT2D eigenvalue weighted by atomic mass is 10.2. The van der Waals surface area contributed by atoms with E-state index < -0.39 is 0 Å². The van der Waals surface area contributed by atoms with Crippen LogP contribution in [-0.2, 0) is 6.54 Å². The minimum absolute atomic E-state index is 0.359. The summed E-state index contributed by atoms with van der Waals surface area (Å²) in [5.41, 5.74) is 7.47. The van der Waals surface area contributed by atoms with Crippen LogP contribution in [0.3, 0.4) is 0 Å². The zero-order valence-corrected chi connectivity index (χ0v) is 9.42. The van der Waals surface area contributed by atoms with Crippen molar-refractivity contribution in [3.8, 4) is 5.75 Å². The van der Waals surface area contributed by atoms with Gasteiger partial charge in [-0.1, -0.05) is 0 Å². The molecule has 0 atom stereocenters. The van der Waals surface area contributed by atoms with Gasteiger partial charge in [-0.15, -0.1) is 10.2 Å². The third-order valence-corrected chi connectivity index (χ3v) is 2.83. The molecule has 2 heterocycles. The highest BCUT2D eigenvalue weighted by Gasteiger charge is 2.07. The van der Waals surface area contributed by atoms with Gasteiger partial charge in [-0.25, -0.2) is 0 Å². The highest BCUT2D eigenvalue weighted by molar-refractivity contribution is 5.83. The topological polar surface area (TPSA) is 65.4 Å². The molecule has 0 unspecified atom stereocenters. The fourth-order valence-electron chi connectivity index (χ4n) is 1.98. The van der Waals surface area contributed by atoms with E-state index in [4.69, 9.17) is 10.5 Å². The fourth-order valence-corrected chi connectivity index (χ4v) is 1.98. The van der Waals surface area contributed by atoms with E-state index in [1.54, 1.807) is 7.11 Å². The summed E-state index contributed by atoms with van der Waals surface area (Å²) >= 11 is 0. The van der Waals surface area contributed by atoms with Gasteiger partial charge in [0.15, 0.2) is 11.5 Å². The summed E-state index contributed by atoms with van der Waals surface area (Å²) in [6, 6.07) is 9.85. The molecule has 0 saturated heterocycles. The first-order valence-corrected chi connectivity index (χ1v) is 5.34. The monoisotopic (exact) mass is 228 g/mol. The summed E-state index contributed by atoms with van der Waals surface area (Å²) in [5.74, 6) is 1.56. The van der Waals surface area contributed by atoms with Crippen molar-refractivity contribution in [3.05, 3.63) is 36.2 Å². The molecule has 0 fully saturated rings. The van der Waals surface area contributed by atoms with E-state index in [9.17, 15) is 0 Å². The van der Waals surface area contributed by atoms with Crippen molar-refractivity contribution in [3.63, 3.8) is 0 Å². The van der Waals surface area contributed by atoms with Crippen molar-refractivity contribution < 1.29 is 4.74 Å². The summed E-state index contributed by atoms with van der Waals surface area (Å²) in [6.45, 7) is 0.359. The van der Waals surface area contributed by atoms with E-state index in [2.05, 4.69) is 10.2 Å². The molecule has 5 heteroatoms. The molecule has 17 heavy (non-hydrogen) atoms. The Hall–Kier alpha value is -2.14. The van der Waals surface area contributed by atoms with Crippen molar-refractivity contribution in [2.45, 2.75) is 6.54 Å². The number of aromatic nitrogens is 3. The zero-order chi connectivity index (χ0) is 11.8. The highest BCUT2D eigenvalue weighted by atomic mass is 16.5. The molecule has 0 bridgehead atoms. The van der Waals surface area contributed by atoms with Gasteiger partial charge in [0.1, 0.15) is 5.75 Å². The van der Waals surface area contributed by atoms with Crippen LogP contribution in [0.15, 0.2) is 30.3 Å². The number of nitrogens with two attached hydrogens (primary N) is 1. The molecule has 0 aliphatic heterocycles. The Bertz CT molecular complexity index is 689. The van der Waals surface area contributed by atoms with Gasteiger partial charge >= 0.3 is 0 Å². The minimum atomic E-state index is 0.359. The summed E-state index contributed by atoms with van der Waals surface area (Å²) in [7, 11) is 1.65. The third kappa shape index (κ3) is 1.43. The molecule has 0 aliphatic carbocycles. The van der Waals surface area contributed by atoms with Crippen LogP contribution in [0.25, 0.3) is 16.6 Å². The molecule has 0 amide bonds. The van der Waals surface area contributed by atoms with Crippen molar-refractivity contribution in [1.29, 1.82) is 0 Å². The second kappa shape index (κ2) is 3.71. The normalized spacial score (nSPS) is 11.2. The maximum atomic E-state index is 5.67. The average molecular weight is 228 g/mol. The molecule has 86 valence electrons. The Morgan fingerprint density at radius 1 is 1.24 bits per heavy atom. The molecule has 0 spiro atoms. The van der Waals surface area contributed by atoms with Crippen molar-refractivity contribution >= 4 is 16.6 Å². The fraction of sp³-hybridized carbons (Fsp3) is 0.167. The summed E-state index contributed by atoms with van der Waals surface area (Å²) in [6.07, 6.45) is 0. The lowest BCUT2D eigenvalue weighted by molar-refractivity contribution is 0.415. The second-order valence-corrected chi connectivity index (χ2v) is 3.77. The van der Waals surface area contributed by atoms with Crippen LogP contribution in [0.5, 0.6) is 5.75 Å². The van der Waals surface area contributed by atoms with Crippen LogP contribution in [0.2, 0.25) is 0 Å². The predicted molar refractivity (Wildman–Crippen MR) is 64.9 cm³/mol. The average Bonchev–Trinajstić information content (AvgIpc) is 2.81. The first kappa shape index (κ1) is 10.0. The number of rotatable bonds is 2. The zero-order valence-electron chi connectivity index (χ0n) is 9.42. The van der Waals surface area contributed by atoms with Gasteiger partial charge in [-0.2, -0.15) is 0 Å². The quantitative estimate of drug-likeness (QED) is 0.719. The molecule has 5 nitrogen and oxygen atoms in total. The van der Waals surface area contributed by atoms with Crippen LogP contribution in [-0.4, -0.2) is 21.7 Å². The van der Waals surface area contributed by atoms with Gasteiger partial charge < -0.3 is 10.5 Å². The molecule has 1 aromatic carbocycles. The number of nitrogens with zero attached hydrogens (tertiary/aromatic N) is 3. The van der Waals surface area contributed by atoms with E-state index in [1.165, 1.54) is 0 Å². The lowest BCUT2D eigenvalue weighted by Gasteiger charge is -2.06. The first-order chi connectivity index (χ1) is 8.33. The molecule has 2 N–H and O–H groups in total. The molecule has 0 aliphatic rings. The van der Waals surface area contributed by atoms with Crippen LogP contribution in [0.4, 0.5) is 0 Å². The van der Waals surface area contributed by atoms with Crippen molar-refractivity contribution in [1.82, 2.24) is 14.6 Å². The van der Waals surface area contributed by atoms with Crippen molar-refractivity contribution in [2.75, 3.05) is 7.11 Å². The third-order valence-electron chi connectivity index (χ3n) is 2.83. The first-order valence-electron chi connectivity index (χ1n) is 5.34. The lowest BCUT2D eigenvalue weighted by Crippen LogP contribution is -2.03. The maximum Gasteiger partial charge on any atom is 0.161 e. The Labute approximate surface area is 97.8 Å². The smallest absolute Gasteiger partial charge is 0.161 e. The van der Waals surface area contributed by atoms with Crippen LogP contribution in [0.1, 0.15) is 5.82 Å². The van der Waals surface area contributed by atoms with Gasteiger partial charge in [-0.05, 0) is 29.7 Å². The van der Waals surface area contributed by atoms with Gasteiger partial charge in [-0.3, -0.25) is 4.40 Å².